The first-order valence-electron chi connectivity index (χ1n) is 5.80. The van der Waals surface area contributed by atoms with Crippen molar-refractivity contribution in [1.82, 2.24) is 4.72 Å². The Bertz CT molecular complexity index is 571. The Morgan fingerprint density at radius 3 is 2.58 bits per heavy atom. The van der Waals surface area contributed by atoms with Crippen LogP contribution in [0.25, 0.3) is 0 Å². The summed E-state index contributed by atoms with van der Waals surface area (Å²) in [6, 6.07) is 2.71. The normalized spacial score (nSPS) is 13.2. The lowest BCUT2D eigenvalue weighted by Crippen LogP contribution is -2.29. The third-order valence-electron chi connectivity index (χ3n) is 2.79. The first kappa shape index (κ1) is 15.6. The molecule has 0 spiro atoms. The first-order chi connectivity index (χ1) is 8.77. The van der Waals surface area contributed by atoms with Gasteiger partial charge in [-0.15, -0.1) is 0 Å². The van der Waals surface area contributed by atoms with Crippen molar-refractivity contribution in [2.45, 2.75) is 25.2 Å². The lowest BCUT2D eigenvalue weighted by Gasteiger charge is -2.11. The van der Waals surface area contributed by atoms with Gasteiger partial charge in [-0.05, 0) is 24.1 Å². The van der Waals surface area contributed by atoms with E-state index in [9.17, 15) is 17.6 Å². The summed E-state index contributed by atoms with van der Waals surface area (Å²) < 4.78 is 39.6. The molecular weight excluding hydrogens is 273 g/mol. The van der Waals surface area contributed by atoms with E-state index in [1.54, 1.807) is 0 Å². The molecule has 19 heavy (non-hydrogen) atoms. The maximum absolute atomic E-state index is 13.6. The number of hydrogen-bond acceptors (Lipinski definition) is 3. The van der Waals surface area contributed by atoms with Crippen LogP contribution in [0, 0.1) is 11.7 Å². The number of carboxylic acid groups (broad SMARTS) is 1. The van der Waals surface area contributed by atoms with Crippen molar-refractivity contribution in [2.24, 2.45) is 5.92 Å². The second-order valence-electron chi connectivity index (χ2n) is 4.32. The zero-order valence-electron chi connectivity index (χ0n) is 10.7. The Kier molecular flexibility index (Phi) is 5.02. The highest BCUT2D eigenvalue weighted by atomic mass is 32.2. The molecule has 0 aliphatic rings. The highest BCUT2D eigenvalue weighted by Crippen LogP contribution is 2.16. The molecule has 0 radical (unpaired) electrons. The van der Waals surface area contributed by atoms with Crippen molar-refractivity contribution >= 4 is 16.0 Å². The molecule has 0 bridgehead atoms. The van der Waals surface area contributed by atoms with E-state index in [0.717, 1.165) is 18.6 Å². The molecule has 0 saturated carbocycles. The van der Waals surface area contributed by atoms with Crippen LogP contribution in [0.1, 0.15) is 30.6 Å². The van der Waals surface area contributed by atoms with Crippen LogP contribution in [0.4, 0.5) is 4.39 Å². The molecule has 0 aliphatic carbocycles. The fraction of sp³-hybridized carbons (Fsp3) is 0.417. The topological polar surface area (TPSA) is 83.5 Å². The summed E-state index contributed by atoms with van der Waals surface area (Å²) in [6.07, 6.45) is 0.795. The zero-order valence-corrected chi connectivity index (χ0v) is 11.5. The largest absolute Gasteiger partial charge is 0.478 e. The van der Waals surface area contributed by atoms with E-state index >= 15 is 0 Å². The fourth-order valence-corrected chi connectivity index (χ4v) is 2.55. The molecule has 2 N–H and O–H groups in total. The number of aromatic carboxylic acids is 1. The quantitative estimate of drug-likeness (QED) is 0.837. The molecule has 0 fully saturated rings. The van der Waals surface area contributed by atoms with Gasteiger partial charge in [0.25, 0.3) is 0 Å². The van der Waals surface area contributed by atoms with Crippen LogP contribution in [-0.2, 0) is 10.0 Å². The summed E-state index contributed by atoms with van der Waals surface area (Å²) in [5.41, 5.74) is -0.293. The maximum Gasteiger partial charge on any atom is 0.335 e. The average Bonchev–Trinajstić information content (AvgIpc) is 2.35. The molecule has 0 saturated heterocycles. The smallest absolute Gasteiger partial charge is 0.335 e. The number of nitrogens with one attached hydrogen (secondary N) is 1. The van der Waals surface area contributed by atoms with Gasteiger partial charge < -0.3 is 5.11 Å². The van der Waals surface area contributed by atoms with Crippen molar-refractivity contribution in [2.75, 3.05) is 6.54 Å². The summed E-state index contributed by atoms with van der Waals surface area (Å²) >= 11 is 0. The predicted molar refractivity (Wildman–Crippen MR) is 68.0 cm³/mol. The fourth-order valence-electron chi connectivity index (χ4n) is 1.33. The van der Waals surface area contributed by atoms with Crippen LogP contribution in [-0.4, -0.2) is 26.0 Å². The first-order valence-corrected chi connectivity index (χ1v) is 7.28. The van der Waals surface area contributed by atoms with Crippen molar-refractivity contribution in [1.29, 1.82) is 0 Å². The predicted octanol–water partition coefficient (Wildman–Crippen LogP) is 1.85. The maximum atomic E-state index is 13.6. The van der Waals surface area contributed by atoms with Gasteiger partial charge in [-0.3, -0.25) is 0 Å². The Labute approximate surface area is 111 Å². The van der Waals surface area contributed by atoms with Gasteiger partial charge in [-0.1, -0.05) is 20.3 Å². The van der Waals surface area contributed by atoms with E-state index in [2.05, 4.69) is 4.72 Å². The Morgan fingerprint density at radius 1 is 1.47 bits per heavy atom. The lowest BCUT2D eigenvalue weighted by atomic mass is 10.1. The van der Waals surface area contributed by atoms with Crippen molar-refractivity contribution in [3.8, 4) is 0 Å². The Hall–Kier alpha value is -1.47. The van der Waals surface area contributed by atoms with E-state index in [0.29, 0.717) is 6.07 Å². The third kappa shape index (κ3) is 4.00. The summed E-state index contributed by atoms with van der Waals surface area (Å²) in [5, 5.41) is 8.68. The monoisotopic (exact) mass is 289 g/mol. The van der Waals surface area contributed by atoms with Gasteiger partial charge >= 0.3 is 5.97 Å². The molecule has 1 rings (SSSR count). The average molecular weight is 289 g/mol. The van der Waals surface area contributed by atoms with Gasteiger partial charge in [0.2, 0.25) is 10.0 Å². The number of hydrogen-bond donors (Lipinski definition) is 2. The van der Waals surface area contributed by atoms with Gasteiger partial charge in [-0.25, -0.2) is 22.3 Å². The van der Waals surface area contributed by atoms with Crippen molar-refractivity contribution in [3.63, 3.8) is 0 Å². The summed E-state index contributed by atoms with van der Waals surface area (Å²) in [4.78, 5) is 10.1. The molecular formula is C12H16FNO4S. The number of rotatable bonds is 6. The van der Waals surface area contributed by atoms with Crippen molar-refractivity contribution in [3.05, 3.63) is 29.6 Å². The van der Waals surface area contributed by atoms with Gasteiger partial charge in [0, 0.05) is 6.54 Å². The minimum Gasteiger partial charge on any atom is -0.478 e. The van der Waals surface area contributed by atoms with Gasteiger partial charge in [-0.2, -0.15) is 0 Å². The zero-order chi connectivity index (χ0) is 14.6. The molecule has 5 nitrogen and oxygen atoms in total. The van der Waals surface area contributed by atoms with Crippen LogP contribution in [0.3, 0.4) is 0 Å². The second kappa shape index (κ2) is 6.12. The van der Waals surface area contributed by atoms with E-state index < -0.39 is 26.7 Å². The molecule has 1 atom stereocenters. The van der Waals surface area contributed by atoms with E-state index in [-0.39, 0.29) is 18.0 Å². The molecule has 7 heteroatoms. The molecule has 1 aromatic carbocycles. The standard InChI is InChI=1S/C12H16FNO4S/c1-3-8(2)7-14-19(17,18)11-5-4-9(12(15)16)6-10(11)13/h4-6,8,14H,3,7H2,1-2H3,(H,15,16). The molecule has 0 amide bonds. The van der Waals surface area contributed by atoms with E-state index in [4.69, 9.17) is 5.11 Å². The molecule has 0 heterocycles. The second-order valence-corrected chi connectivity index (χ2v) is 6.05. The number of benzene rings is 1. The van der Waals surface area contributed by atoms with E-state index in [1.807, 2.05) is 13.8 Å². The van der Waals surface area contributed by atoms with Gasteiger partial charge in [0.15, 0.2) is 0 Å². The van der Waals surface area contributed by atoms with Crippen molar-refractivity contribution < 1.29 is 22.7 Å². The SMILES string of the molecule is CCC(C)CNS(=O)(=O)c1ccc(C(=O)O)cc1F. The lowest BCUT2D eigenvalue weighted by molar-refractivity contribution is 0.0696. The number of sulfonamides is 1. The number of halogens is 1. The highest BCUT2D eigenvalue weighted by molar-refractivity contribution is 7.89. The number of carboxylic acids is 1. The summed E-state index contributed by atoms with van der Waals surface area (Å²) in [7, 11) is -3.96. The molecule has 1 aromatic rings. The van der Waals surface area contributed by atoms with Crippen LogP contribution >= 0.6 is 0 Å². The van der Waals surface area contributed by atoms with Crippen LogP contribution < -0.4 is 4.72 Å². The van der Waals surface area contributed by atoms with Crippen LogP contribution in [0.15, 0.2) is 23.1 Å². The summed E-state index contributed by atoms with van der Waals surface area (Å²) in [5.74, 6) is -2.25. The Balaban J connectivity index is 2.99. The highest BCUT2D eigenvalue weighted by Gasteiger charge is 2.20. The molecule has 1 unspecified atom stereocenters. The third-order valence-corrected chi connectivity index (χ3v) is 4.24. The minimum atomic E-state index is -3.96. The molecule has 0 aliphatic heterocycles. The van der Waals surface area contributed by atoms with Crippen LogP contribution in [0.2, 0.25) is 0 Å². The minimum absolute atomic E-state index is 0.135. The van der Waals surface area contributed by atoms with E-state index in [1.165, 1.54) is 0 Å². The summed E-state index contributed by atoms with van der Waals surface area (Å²) in [6.45, 7) is 3.99. The van der Waals surface area contributed by atoms with Gasteiger partial charge in [0.1, 0.15) is 10.7 Å². The van der Waals surface area contributed by atoms with Gasteiger partial charge in [0.05, 0.1) is 5.56 Å². The molecule has 0 aromatic heterocycles. The Morgan fingerprint density at radius 2 is 2.11 bits per heavy atom. The molecule has 106 valence electrons. The number of carbonyl (C=O) groups is 1. The van der Waals surface area contributed by atoms with Crippen LogP contribution in [0.5, 0.6) is 0 Å².